The van der Waals surface area contributed by atoms with Gasteiger partial charge in [-0.3, -0.25) is 14.5 Å². The molecule has 5 nitrogen and oxygen atoms in total. The Morgan fingerprint density at radius 3 is 2.10 bits per heavy atom. The number of carbonyl (C=O) groups excluding carboxylic acids is 2. The van der Waals surface area contributed by atoms with Crippen molar-refractivity contribution >= 4 is 17.5 Å². The van der Waals surface area contributed by atoms with E-state index in [0.29, 0.717) is 5.56 Å². The number of fused-ring (bicyclic) bond motifs is 3. The van der Waals surface area contributed by atoms with Gasteiger partial charge in [0.2, 0.25) is 5.91 Å². The molecule has 5 aromatic rings. The van der Waals surface area contributed by atoms with Crippen molar-refractivity contribution in [1.82, 2.24) is 9.47 Å². The van der Waals surface area contributed by atoms with Gasteiger partial charge in [-0.25, -0.2) is 4.39 Å². The van der Waals surface area contributed by atoms with Crippen LogP contribution in [0.5, 0.6) is 0 Å². The zero-order chi connectivity index (χ0) is 27.9. The van der Waals surface area contributed by atoms with Crippen molar-refractivity contribution in [2.45, 2.75) is 24.9 Å². The maximum atomic E-state index is 14.3. The summed E-state index contributed by atoms with van der Waals surface area (Å²) in [7, 11) is 0. The molecule has 0 spiro atoms. The smallest absolute Gasteiger partial charge is 0.254 e. The van der Waals surface area contributed by atoms with Crippen LogP contribution in [0, 0.1) is 5.82 Å². The Kier molecular flexibility index (Phi) is 6.23. The summed E-state index contributed by atoms with van der Waals surface area (Å²) in [6, 6.07) is 35.2. The Morgan fingerprint density at radius 1 is 0.732 bits per heavy atom. The molecule has 1 aromatic heterocycles. The second-order valence-electron chi connectivity index (χ2n) is 10.6. The summed E-state index contributed by atoms with van der Waals surface area (Å²) in [4.78, 5) is 31.6. The molecule has 0 N–H and O–H groups in total. The highest BCUT2D eigenvalue weighted by atomic mass is 19.1. The van der Waals surface area contributed by atoms with Gasteiger partial charge in [-0.2, -0.15) is 0 Å². The number of rotatable bonds is 6. The van der Waals surface area contributed by atoms with Crippen molar-refractivity contribution in [2.75, 3.05) is 11.4 Å². The first kappa shape index (κ1) is 25.0. The van der Waals surface area contributed by atoms with Crippen molar-refractivity contribution in [3.8, 4) is 16.8 Å². The van der Waals surface area contributed by atoms with Gasteiger partial charge in [0, 0.05) is 17.8 Å². The number of hydrogen-bond acceptors (Lipinski definition) is 2. The van der Waals surface area contributed by atoms with Crippen LogP contribution in [0.4, 0.5) is 10.1 Å². The number of amides is 2. The van der Waals surface area contributed by atoms with Gasteiger partial charge in [-0.15, -0.1) is 0 Å². The molecule has 2 aliphatic rings. The molecular formula is C35H28FN3O2. The lowest BCUT2D eigenvalue weighted by molar-refractivity contribution is -0.119. The average molecular weight is 542 g/mol. The van der Waals surface area contributed by atoms with Crippen LogP contribution in [0.1, 0.15) is 40.5 Å². The van der Waals surface area contributed by atoms with Crippen molar-refractivity contribution in [3.63, 3.8) is 0 Å². The molecule has 0 radical (unpaired) electrons. The highest BCUT2D eigenvalue weighted by Gasteiger charge is 2.40. The standard InChI is InChI=1S/C35H28FN3O2/c36-28-18-16-26(17-19-28)34-32-11-6-22-37(32)30-9-4-5-10-31(30)39(34)33(40)23-38(29-20-21-29)35(41)27-14-12-25(13-15-27)24-7-2-1-3-8-24/h1-19,22,29,34H,20-21,23H2. The van der Waals surface area contributed by atoms with Gasteiger partial charge in [0.1, 0.15) is 18.4 Å². The molecule has 2 heterocycles. The van der Waals surface area contributed by atoms with E-state index in [0.717, 1.165) is 46.6 Å². The molecule has 2 amide bonds. The predicted octanol–water partition coefficient (Wildman–Crippen LogP) is 7.02. The molecule has 7 rings (SSSR count). The molecule has 0 bridgehead atoms. The van der Waals surface area contributed by atoms with Gasteiger partial charge in [-0.05, 0) is 78.1 Å². The lowest BCUT2D eigenvalue weighted by Gasteiger charge is -2.39. The molecule has 202 valence electrons. The first-order valence-corrected chi connectivity index (χ1v) is 13.9. The van der Waals surface area contributed by atoms with Gasteiger partial charge in [0.05, 0.1) is 17.1 Å². The van der Waals surface area contributed by atoms with E-state index in [9.17, 15) is 14.0 Å². The van der Waals surface area contributed by atoms with Crippen LogP contribution in [0.15, 0.2) is 121 Å². The SMILES string of the molecule is O=C(c1ccc(-c2ccccc2)cc1)N(CC(=O)N1c2ccccc2-n2cccc2C1c1ccc(F)cc1)C1CC1. The Hall–Kier alpha value is -4.97. The summed E-state index contributed by atoms with van der Waals surface area (Å²) in [6.07, 6.45) is 3.73. The van der Waals surface area contributed by atoms with Gasteiger partial charge in [0.15, 0.2) is 0 Å². The van der Waals surface area contributed by atoms with E-state index < -0.39 is 6.04 Å². The number of aromatic nitrogens is 1. The van der Waals surface area contributed by atoms with Crippen LogP contribution in [0.2, 0.25) is 0 Å². The molecule has 1 unspecified atom stereocenters. The van der Waals surface area contributed by atoms with E-state index in [1.165, 1.54) is 12.1 Å². The molecular weight excluding hydrogens is 513 g/mol. The third-order valence-corrected chi connectivity index (χ3v) is 7.97. The van der Waals surface area contributed by atoms with Crippen LogP contribution in [0.25, 0.3) is 16.8 Å². The minimum absolute atomic E-state index is 0.0356. The predicted molar refractivity (Wildman–Crippen MR) is 157 cm³/mol. The zero-order valence-corrected chi connectivity index (χ0v) is 22.4. The third kappa shape index (κ3) is 4.61. The van der Waals surface area contributed by atoms with Crippen LogP contribution in [-0.2, 0) is 4.79 Å². The first-order valence-electron chi connectivity index (χ1n) is 13.9. The quantitative estimate of drug-likeness (QED) is 0.232. The van der Waals surface area contributed by atoms with E-state index in [-0.39, 0.29) is 30.2 Å². The fourth-order valence-corrected chi connectivity index (χ4v) is 5.80. The maximum absolute atomic E-state index is 14.3. The first-order chi connectivity index (χ1) is 20.1. The highest BCUT2D eigenvalue weighted by Crippen LogP contribution is 2.42. The minimum atomic E-state index is -0.464. The largest absolute Gasteiger partial charge is 0.326 e. The number of hydrogen-bond donors (Lipinski definition) is 0. The molecule has 1 aliphatic heterocycles. The monoisotopic (exact) mass is 541 g/mol. The molecule has 1 aliphatic carbocycles. The van der Waals surface area contributed by atoms with Gasteiger partial charge < -0.3 is 9.47 Å². The second kappa shape index (κ2) is 10.2. The summed E-state index contributed by atoms with van der Waals surface area (Å²) in [6.45, 7) is -0.0450. The Labute approximate surface area is 238 Å². The lowest BCUT2D eigenvalue weighted by atomic mass is 9.97. The minimum Gasteiger partial charge on any atom is -0.326 e. The van der Waals surface area contributed by atoms with E-state index in [4.69, 9.17) is 0 Å². The highest BCUT2D eigenvalue weighted by molar-refractivity contribution is 6.03. The van der Waals surface area contributed by atoms with Crippen LogP contribution < -0.4 is 4.90 Å². The summed E-state index contributed by atoms with van der Waals surface area (Å²) >= 11 is 0. The Balaban J connectivity index is 1.22. The molecule has 1 fully saturated rings. The number of para-hydroxylation sites is 2. The number of carbonyl (C=O) groups is 2. The fraction of sp³-hybridized carbons (Fsp3) is 0.143. The van der Waals surface area contributed by atoms with Gasteiger partial charge in [-0.1, -0.05) is 66.7 Å². The summed E-state index contributed by atoms with van der Waals surface area (Å²) in [5.41, 5.74) is 6.03. The molecule has 1 saturated carbocycles. The Morgan fingerprint density at radius 2 is 1.39 bits per heavy atom. The maximum Gasteiger partial charge on any atom is 0.254 e. The summed E-state index contributed by atoms with van der Waals surface area (Å²) < 4.78 is 16.0. The topological polar surface area (TPSA) is 45.6 Å². The molecule has 41 heavy (non-hydrogen) atoms. The molecule has 0 saturated heterocycles. The van der Waals surface area contributed by atoms with Crippen molar-refractivity contribution in [1.29, 1.82) is 0 Å². The number of halogens is 1. The average Bonchev–Trinajstić information content (AvgIpc) is 3.74. The van der Waals surface area contributed by atoms with Crippen molar-refractivity contribution in [3.05, 3.63) is 144 Å². The van der Waals surface area contributed by atoms with Crippen LogP contribution in [0.3, 0.4) is 0 Å². The van der Waals surface area contributed by atoms with Crippen LogP contribution >= 0.6 is 0 Å². The Bertz CT molecular complexity index is 1720. The van der Waals surface area contributed by atoms with Crippen molar-refractivity contribution < 1.29 is 14.0 Å². The van der Waals surface area contributed by atoms with E-state index >= 15 is 0 Å². The summed E-state index contributed by atoms with van der Waals surface area (Å²) in [5.74, 6) is -0.658. The zero-order valence-electron chi connectivity index (χ0n) is 22.4. The van der Waals surface area contributed by atoms with Gasteiger partial charge >= 0.3 is 0 Å². The lowest BCUT2D eigenvalue weighted by Crippen LogP contribution is -2.47. The molecule has 1 atom stereocenters. The van der Waals surface area contributed by atoms with Crippen molar-refractivity contribution in [2.24, 2.45) is 0 Å². The fourth-order valence-electron chi connectivity index (χ4n) is 5.80. The molecule has 4 aromatic carbocycles. The second-order valence-corrected chi connectivity index (χ2v) is 10.6. The normalized spacial score (nSPS) is 15.6. The number of anilines is 1. The van der Waals surface area contributed by atoms with Gasteiger partial charge in [0.25, 0.3) is 5.91 Å². The molecule has 6 heteroatoms. The van der Waals surface area contributed by atoms with E-state index in [2.05, 4.69) is 4.57 Å². The van der Waals surface area contributed by atoms with E-state index in [1.807, 2.05) is 97.2 Å². The van der Waals surface area contributed by atoms with E-state index in [1.54, 1.807) is 21.9 Å². The third-order valence-electron chi connectivity index (χ3n) is 7.97. The number of benzene rings is 4. The van der Waals surface area contributed by atoms with Crippen LogP contribution in [-0.4, -0.2) is 33.9 Å². The summed E-state index contributed by atoms with van der Waals surface area (Å²) in [5, 5.41) is 0. The number of nitrogens with zero attached hydrogens (tertiary/aromatic N) is 3.